The van der Waals surface area contributed by atoms with Crippen LogP contribution in [0.1, 0.15) is 43.1 Å². The number of hydrogen-bond donors (Lipinski definition) is 2. The lowest BCUT2D eigenvalue weighted by Crippen LogP contribution is -2.49. The Kier molecular flexibility index (Phi) is 6.52. The molecule has 2 amide bonds. The van der Waals surface area contributed by atoms with Crippen molar-refractivity contribution in [2.45, 2.75) is 53.0 Å². The third kappa shape index (κ3) is 4.51. The zero-order valence-electron chi connectivity index (χ0n) is 16.9. The highest BCUT2D eigenvalue weighted by Gasteiger charge is 2.33. The van der Waals surface area contributed by atoms with E-state index in [0.717, 1.165) is 44.6 Å². The lowest BCUT2D eigenvalue weighted by Gasteiger charge is -2.31. The quantitative estimate of drug-likeness (QED) is 0.778. The van der Waals surface area contributed by atoms with Crippen molar-refractivity contribution < 1.29 is 9.59 Å². The first-order chi connectivity index (χ1) is 13.0. The summed E-state index contributed by atoms with van der Waals surface area (Å²) in [7, 11) is 0. The van der Waals surface area contributed by atoms with Gasteiger partial charge < -0.3 is 15.5 Å². The van der Waals surface area contributed by atoms with Gasteiger partial charge in [0.05, 0.1) is 17.5 Å². The van der Waals surface area contributed by atoms with Crippen LogP contribution in [0, 0.1) is 25.7 Å². The average Bonchev–Trinajstić information content (AvgIpc) is 3.31. The van der Waals surface area contributed by atoms with Crippen molar-refractivity contribution in [2.75, 3.05) is 32.7 Å². The van der Waals surface area contributed by atoms with Crippen LogP contribution < -0.4 is 10.6 Å². The van der Waals surface area contributed by atoms with E-state index in [-0.39, 0.29) is 23.7 Å². The van der Waals surface area contributed by atoms with E-state index in [0.29, 0.717) is 26.1 Å². The summed E-state index contributed by atoms with van der Waals surface area (Å²) in [6.45, 7) is 10.7. The number of aryl methyl sites for hydroxylation is 2. The molecule has 150 valence electrons. The van der Waals surface area contributed by atoms with Gasteiger partial charge >= 0.3 is 0 Å². The molecule has 2 fully saturated rings. The summed E-state index contributed by atoms with van der Waals surface area (Å²) in [6, 6.07) is 0. The van der Waals surface area contributed by atoms with Crippen molar-refractivity contribution in [1.82, 2.24) is 25.3 Å². The fourth-order valence-electron chi connectivity index (χ4n) is 4.38. The molecule has 0 saturated carbocycles. The summed E-state index contributed by atoms with van der Waals surface area (Å²) >= 11 is 0. The summed E-state index contributed by atoms with van der Waals surface area (Å²) in [5, 5.41) is 10.9. The van der Waals surface area contributed by atoms with Gasteiger partial charge in [0.25, 0.3) is 0 Å². The fraction of sp³-hybridized carbons (Fsp3) is 0.750. The van der Waals surface area contributed by atoms with Gasteiger partial charge in [-0.3, -0.25) is 14.3 Å². The smallest absolute Gasteiger partial charge is 0.226 e. The predicted octanol–water partition coefficient (Wildman–Crippen LogP) is 1.03. The molecule has 0 bridgehead atoms. The number of piperidine rings is 1. The lowest BCUT2D eigenvalue weighted by molar-refractivity contribution is -0.136. The number of likely N-dealkylation sites (tertiary alicyclic amines) is 1. The summed E-state index contributed by atoms with van der Waals surface area (Å²) in [6.07, 6.45) is 3.65. The van der Waals surface area contributed by atoms with Gasteiger partial charge in [0.1, 0.15) is 0 Å². The molecule has 2 atom stereocenters. The molecule has 3 rings (SSSR count). The zero-order valence-corrected chi connectivity index (χ0v) is 16.9. The lowest BCUT2D eigenvalue weighted by atomic mass is 9.89. The number of aromatic nitrogens is 2. The molecule has 2 aliphatic rings. The van der Waals surface area contributed by atoms with Gasteiger partial charge in [-0.1, -0.05) is 0 Å². The minimum Gasteiger partial charge on any atom is -0.355 e. The predicted molar refractivity (Wildman–Crippen MR) is 104 cm³/mol. The molecule has 2 saturated heterocycles. The first-order valence-corrected chi connectivity index (χ1v) is 10.3. The second-order valence-electron chi connectivity index (χ2n) is 7.83. The van der Waals surface area contributed by atoms with Crippen LogP contribution in [0.25, 0.3) is 0 Å². The van der Waals surface area contributed by atoms with Gasteiger partial charge in [-0.15, -0.1) is 0 Å². The number of carbonyl (C=O) groups excluding carboxylic acids is 2. The molecular formula is C20H33N5O2. The minimum atomic E-state index is -0.129. The Labute approximate surface area is 161 Å². The average molecular weight is 376 g/mol. The summed E-state index contributed by atoms with van der Waals surface area (Å²) < 4.78 is 2.01. The van der Waals surface area contributed by atoms with E-state index >= 15 is 0 Å². The maximum atomic E-state index is 12.6. The molecular weight excluding hydrogens is 342 g/mol. The van der Waals surface area contributed by atoms with Crippen LogP contribution in [0.2, 0.25) is 0 Å². The van der Waals surface area contributed by atoms with Crippen LogP contribution in [-0.4, -0.2) is 59.2 Å². The Bertz CT molecular complexity index is 678. The maximum absolute atomic E-state index is 12.6. The Morgan fingerprint density at radius 3 is 2.56 bits per heavy atom. The van der Waals surface area contributed by atoms with Crippen molar-refractivity contribution in [3.8, 4) is 0 Å². The van der Waals surface area contributed by atoms with Crippen LogP contribution in [0.5, 0.6) is 0 Å². The molecule has 3 heterocycles. The van der Waals surface area contributed by atoms with Crippen LogP contribution in [0.4, 0.5) is 0 Å². The van der Waals surface area contributed by atoms with E-state index in [1.165, 1.54) is 11.3 Å². The van der Waals surface area contributed by atoms with Crippen LogP contribution in [0.3, 0.4) is 0 Å². The molecule has 1 aromatic rings. The normalized spacial score (nSPS) is 22.9. The maximum Gasteiger partial charge on any atom is 0.226 e. The number of rotatable bonds is 6. The molecule has 2 unspecified atom stereocenters. The monoisotopic (exact) mass is 375 g/mol. The molecule has 0 spiro atoms. The molecule has 27 heavy (non-hydrogen) atoms. The molecule has 0 aromatic carbocycles. The molecule has 0 aliphatic carbocycles. The second kappa shape index (κ2) is 8.87. The number of nitrogens with zero attached hydrogens (tertiary/aromatic N) is 3. The first-order valence-electron chi connectivity index (χ1n) is 10.3. The highest BCUT2D eigenvalue weighted by Crippen LogP contribution is 2.21. The van der Waals surface area contributed by atoms with E-state index in [1.807, 2.05) is 16.5 Å². The summed E-state index contributed by atoms with van der Waals surface area (Å²) in [5.74, 6) is 0.0751. The van der Waals surface area contributed by atoms with Crippen molar-refractivity contribution in [2.24, 2.45) is 11.8 Å². The third-order valence-corrected chi connectivity index (χ3v) is 5.99. The fourth-order valence-corrected chi connectivity index (χ4v) is 4.38. The van der Waals surface area contributed by atoms with E-state index in [2.05, 4.69) is 29.6 Å². The van der Waals surface area contributed by atoms with Gasteiger partial charge in [0, 0.05) is 45.0 Å². The van der Waals surface area contributed by atoms with E-state index in [1.54, 1.807) is 0 Å². The zero-order chi connectivity index (χ0) is 19.4. The summed E-state index contributed by atoms with van der Waals surface area (Å²) in [5.41, 5.74) is 3.44. The van der Waals surface area contributed by atoms with E-state index in [9.17, 15) is 9.59 Å². The largest absolute Gasteiger partial charge is 0.355 e. The molecule has 2 aliphatic heterocycles. The summed E-state index contributed by atoms with van der Waals surface area (Å²) in [4.78, 5) is 27.2. The standard InChI is InChI=1S/C20H33N5O2/c1-4-25-15(3)18(14(2)23-25)7-8-22-19(26)16-11-17(13-21-12-16)20(27)24-9-5-6-10-24/h16-17,21H,4-13H2,1-3H3,(H,22,26). The Hall–Kier alpha value is -1.89. The molecule has 1 aromatic heterocycles. The van der Waals surface area contributed by atoms with E-state index < -0.39 is 0 Å². The van der Waals surface area contributed by atoms with Crippen molar-refractivity contribution in [3.63, 3.8) is 0 Å². The number of nitrogens with one attached hydrogen (secondary N) is 2. The van der Waals surface area contributed by atoms with Gasteiger partial charge in [-0.05, 0) is 52.0 Å². The Morgan fingerprint density at radius 1 is 1.19 bits per heavy atom. The molecule has 7 heteroatoms. The van der Waals surface area contributed by atoms with Crippen LogP contribution >= 0.6 is 0 Å². The first kappa shape index (κ1) is 19.9. The van der Waals surface area contributed by atoms with E-state index in [4.69, 9.17) is 0 Å². The minimum absolute atomic E-state index is 0.0552. The highest BCUT2D eigenvalue weighted by molar-refractivity contribution is 5.83. The topological polar surface area (TPSA) is 79.3 Å². The van der Waals surface area contributed by atoms with Gasteiger partial charge in [0.15, 0.2) is 0 Å². The van der Waals surface area contributed by atoms with Crippen LogP contribution in [0.15, 0.2) is 0 Å². The van der Waals surface area contributed by atoms with Gasteiger partial charge in [0.2, 0.25) is 11.8 Å². The molecule has 2 N–H and O–H groups in total. The van der Waals surface area contributed by atoms with Crippen molar-refractivity contribution in [1.29, 1.82) is 0 Å². The molecule has 7 nitrogen and oxygen atoms in total. The molecule has 0 radical (unpaired) electrons. The number of hydrogen-bond acceptors (Lipinski definition) is 4. The van der Waals surface area contributed by atoms with Crippen LogP contribution in [-0.2, 0) is 22.6 Å². The number of carbonyl (C=O) groups is 2. The van der Waals surface area contributed by atoms with Crippen molar-refractivity contribution >= 4 is 11.8 Å². The second-order valence-corrected chi connectivity index (χ2v) is 7.83. The van der Waals surface area contributed by atoms with Gasteiger partial charge in [-0.2, -0.15) is 5.10 Å². The number of amides is 2. The Balaban J connectivity index is 1.49. The third-order valence-electron chi connectivity index (χ3n) is 5.99. The van der Waals surface area contributed by atoms with Gasteiger partial charge in [-0.25, -0.2) is 0 Å². The highest BCUT2D eigenvalue weighted by atomic mass is 16.2. The Morgan fingerprint density at radius 2 is 1.89 bits per heavy atom. The SMILES string of the molecule is CCn1nc(C)c(CCNC(=O)C2CNCC(C(=O)N3CCCC3)C2)c1C. The van der Waals surface area contributed by atoms with Crippen molar-refractivity contribution in [3.05, 3.63) is 17.0 Å².